The molecule has 0 amide bonds. The molecule has 0 spiro atoms. The van der Waals surface area contributed by atoms with Gasteiger partial charge >= 0.3 is 0 Å². The van der Waals surface area contributed by atoms with E-state index in [2.05, 4.69) is 19.8 Å². The first-order valence-corrected chi connectivity index (χ1v) is 5.84. The van der Waals surface area contributed by atoms with Crippen LogP contribution in [0.15, 0.2) is 11.5 Å². The van der Waals surface area contributed by atoms with E-state index in [-0.39, 0.29) is 0 Å². The molecule has 2 aromatic rings. The van der Waals surface area contributed by atoms with Gasteiger partial charge in [0.2, 0.25) is 0 Å². The highest BCUT2D eigenvalue weighted by atomic mass is 35.5. The Hall–Kier alpha value is -0.660. The third-order valence-electron chi connectivity index (χ3n) is 1.52. The van der Waals surface area contributed by atoms with Gasteiger partial charge in [-0.05, 0) is 0 Å². The average molecular weight is 248 g/mol. The van der Waals surface area contributed by atoms with Gasteiger partial charge in [-0.15, -0.1) is 15.3 Å². The molecule has 0 radical (unpaired) electrons. The van der Waals surface area contributed by atoms with Gasteiger partial charge in [-0.25, -0.2) is 0 Å². The van der Waals surface area contributed by atoms with E-state index in [0.29, 0.717) is 10.1 Å². The molecule has 2 heterocycles. The van der Waals surface area contributed by atoms with E-state index in [1.54, 1.807) is 6.33 Å². The van der Waals surface area contributed by atoms with Crippen LogP contribution in [0, 0.1) is 0 Å². The molecule has 0 unspecified atom stereocenters. The quantitative estimate of drug-likeness (QED) is 0.772. The van der Waals surface area contributed by atoms with Crippen molar-refractivity contribution in [2.45, 2.75) is 10.9 Å². The summed E-state index contributed by atoms with van der Waals surface area (Å²) < 4.78 is 6.23. The Morgan fingerprint density at radius 2 is 2.43 bits per heavy atom. The van der Waals surface area contributed by atoms with E-state index in [4.69, 9.17) is 11.6 Å². The first-order chi connectivity index (χ1) is 6.77. The lowest BCUT2D eigenvalue weighted by Gasteiger charge is -1.96. The molecular formula is C6H6ClN5S2. The number of nitrogens with zero attached hydrogens (tertiary/aromatic N) is 5. The van der Waals surface area contributed by atoms with Crippen molar-refractivity contribution in [1.82, 2.24) is 24.4 Å². The van der Waals surface area contributed by atoms with Crippen LogP contribution >= 0.6 is 34.9 Å². The summed E-state index contributed by atoms with van der Waals surface area (Å²) >= 11 is 8.59. The molecular weight excluding hydrogens is 242 g/mol. The molecule has 2 rings (SSSR count). The Morgan fingerprint density at radius 1 is 1.57 bits per heavy atom. The number of rotatable bonds is 3. The maximum absolute atomic E-state index is 5.86. The standard InChI is InChI=1S/C6H6ClN5S2/c1-12-3-8-10-6(12)13-2-4-5(7)14-11-9-4/h3H,2H2,1H3. The van der Waals surface area contributed by atoms with Crippen molar-refractivity contribution < 1.29 is 0 Å². The molecule has 8 heteroatoms. The monoisotopic (exact) mass is 247 g/mol. The molecule has 5 nitrogen and oxygen atoms in total. The first kappa shape index (κ1) is 9.88. The molecule has 0 saturated heterocycles. The van der Waals surface area contributed by atoms with Crippen molar-refractivity contribution in [2.75, 3.05) is 0 Å². The second-order valence-electron chi connectivity index (χ2n) is 2.51. The van der Waals surface area contributed by atoms with Gasteiger partial charge in [0.25, 0.3) is 0 Å². The minimum atomic E-state index is 0.639. The number of hydrogen-bond donors (Lipinski definition) is 0. The Labute approximate surface area is 93.7 Å². The topological polar surface area (TPSA) is 56.5 Å². The van der Waals surface area contributed by atoms with Crippen LogP contribution in [0.3, 0.4) is 0 Å². The third kappa shape index (κ3) is 2.05. The van der Waals surface area contributed by atoms with Crippen LogP contribution in [0.25, 0.3) is 0 Å². The van der Waals surface area contributed by atoms with Crippen LogP contribution in [0.2, 0.25) is 4.34 Å². The second kappa shape index (κ2) is 4.24. The molecule has 0 atom stereocenters. The van der Waals surface area contributed by atoms with Crippen molar-refractivity contribution in [3.63, 3.8) is 0 Å². The lowest BCUT2D eigenvalue weighted by Crippen LogP contribution is -1.90. The summed E-state index contributed by atoms with van der Waals surface area (Å²) in [5.41, 5.74) is 0.796. The Kier molecular flexibility index (Phi) is 2.99. The summed E-state index contributed by atoms with van der Waals surface area (Å²) in [7, 11) is 1.89. The molecule has 0 aliphatic rings. The summed E-state index contributed by atoms with van der Waals surface area (Å²) in [4.78, 5) is 0. The number of aryl methyl sites for hydroxylation is 1. The van der Waals surface area contributed by atoms with E-state index < -0.39 is 0 Å². The lowest BCUT2D eigenvalue weighted by atomic mass is 10.6. The molecule has 0 bridgehead atoms. The van der Waals surface area contributed by atoms with Crippen molar-refractivity contribution in [2.24, 2.45) is 7.05 Å². The Balaban J connectivity index is 2.02. The fourth-order valence-corrected chi connectivity index (χ4v) is 2.44. The van der Waals surface area contributed by atoms with Gasteiger partial charge in [-0.2, -0.15) is 0 Å². The van der Waals surface area contributed by atoms with Gasteiger partial charge in [0.15, 0.2) is 5.16 Å². The van der Waals surface area contributed by atoms with Crippen LogP contribution < -0.4 is 0 Å². The molecule has 0 aliphatic carbocycles. The minimum absolute atomic E-state index is 0.639. The van der Waals surface area contributed by atoms with Crippen molar-refractivity contribution in [3.8, 4) is 0 Å². The van der Waals surface area contributed by atoms with Gasteiger partial charge in [-0.3, -0.25) is 0 Å². The zero-order valence-corrected chi connectivity index (χ0v) is 9.60. The lowest BCUT2D eigenvalue weighted by molar-refractivity contribution is 0.788. The molecule has 0 aromatic carbocycles. The predicted molar refractivity (Wildman–Crippen MR) is 55.5 cm³/mol. The van der Waals surface area contributed by atoms with E-state index in [1.807, 2.05) is 11.6 Å². The molecule has 0 aliphatic heterocycles. The Bertz CT molecular complexity index is 385. The number of aromatic nitrogens is 5. The largest absolute Gasteiger partial charge is 0.312 e. The van der Waals surface area contributed by atoms with E-state index in [9.17, 15) is 0 Å². The highest BCUT2D eigenvalue weighted by Gasteiger charge is 2.08. The first-order valence-electron chi connectivity index (χ1n) is 3.71. The molecule has 0 saturated carbocycles. The van der Waals surface area contributed by atoms with Gasteiger partial charge in [0, 0.05) is 24.3 Å². The normalized spacial score (nSPS) is 10.7. The van der Waals surface area contributed by atoms with Gasteiger partial charge in [0.05, 0.1) is 0 Å². The van der Waals surface area contributed by atoms with Gasteiger partial charge in [-0.1, -0.05) is 27.9 Å². The van der Waals surface area contributed by atoms with Gasteiger partial charge < -0.3 is 4.57 Å². The van der Waals surface area contributed by atoms with E-state index >= 15 is 0 Å². The van der Waals surface area contributed by atoms with Crippen LogP contribution in [-0.2, 0) is 12.8 Å². The number of thioether (sulfide) groups is 1. The maximum Gasteiger partial charge on any atom is 0.191 e. The van der Waals surface area contributed by atoms with Crippen molar-refractivity contribution in [3.05, 3.63) is 16.4 Å². The minimum Gasteiger partial charge on any atom is -0.312 e. The summed E-state index contributed by atoms with van der Waals surface area (Å²) in [5, 5.41) is 12.4. The van der Waals surface area contributed by atoms with Gasteiger partial charge in [0.1, 0.15) is 16.4 Å². The molecule has 14 heavy (non-hydrogen) atoms. The number of halogens is 1. The SMILES string of the molecule is Cn1cnnc1SCc1nnsc1Cl. The van der Waals surface area contributed by atoms with E-state index in [0.717, 1.165) is 10.9 Å². The summed E-state index contributed by atoms with van der Waals surface area (Å²) in [5.74, 6) is 0.669. The summed E-state index contributed by atoms with van der Waals surface area (Å²) in [6, 6.07) is 0. The van der Waals surface area contributed by atoms with Crippen molar-refractivity contribution >= 4 is 34.9 Å². The number of hydrogen-bond acceptors (Lipinski definition) is 6. The average Bonchev–Trinajstić information content (AvgIpc) is 2.72. The summed E-state index contributed by atoms with van der Waals surface area (Å²) in [6.07, 6.45) is 1.66. The molecule has 0 fully saturated rings. The smallest absolute Gasteiger partial charge is 0.191 e. The highest BCUT2D eigenvalue weighted by Crippen LogP contribution is 2.25. The highest BCUT2D eigenvalue weighted by molar-refractivity contribution is 7.98. The fraction of sp³-hybridized carbons (Fsp3) is 0.333. The van der Waals surface area contributed by atoms with Crippen LogP contribution in [-0.4, -0.2) is 24.4 Å². The zero-order valence-electron chi connectivity index (χ0n) is 7.21. The maximum atomic E-state index is 5.86. The molecule has 74 valence electrons. The second-order valence-corrected chi connectivity index (χ2v) is 4.81. The predicted octanol–water partition coefficient (Wildman–Crippen LogP) is 1.61. The van der Waals surface area contributed by atoms with Crippen LogP contribution in [0.4, 0.5) is 0 Å². The molecule has 0 N–H and O–H groups in total. The molecule has 2 aromatic heterocycles. The van der Waals surface area contributed by atoms with E-state index in [1.165, 1.54) is 23.3 Å². The van der Waals surface area contributed by atoms with Crippen molar-refractivity contribution in [1.29, 1.82) is 0 Å². The van der Waals surface area contributed by atoms with Crippen LogP contribution in [0.5, 0.6) is 0 Å². The van der Waals surface area contributed by atoms with Crippen LogP contribution in [0.1, 0.15) is 5.69 Å². The fourth-order valence-electron chi connectivity index (χ4n) is 0.819. The summed E-state index contributed by atoms with van der Waals surface area (Å²) in [6.45, 7) is 0. The zero-order chi connectivity index (χ0) is 9.97. The Morgan fingerprint density at radius 3 is 3.00 bits per heavy atom. The third-order valence-corrected chi connectivity index (χ3v) is 3.55.